The minimum atomic E-state index is -0.672. The maximum Gasteiger partial charge on any atom is 0.303 e. The summed E-state index contributed by atoms with van der Waals surface area (Å²) in [4.78, 5) is 10.4. The molecule has 0 aliphatic rings. The van der Waals surface area contributed by atoms with Crippen LogP contribution in [0.1, 0.15) is 110 Å². The largest absolute Gasteiger partial charge is 0.481 e. The number of rotatable bonds is 18. The lowest BCUT2D eigenvalue weighted by atomic mass is 10.0. The van der Waals surface area contributed by atoms with Gasteiger partial charge in [-0.15, -0.1) is 0 Å². The second-order valence-electron chi connectivity index (χ2n) is 7.08. The first-order valence-corrected chi connectivity index (χ1v) is 9.99. The van der Waals surface area contributed by atoms with Crippen LogP contribution in [0.5, 0.6) is 0 Å². The third-order valence-corrected chi connectivity index (χ3v) is 4.62. The second-order valence-corrected chi connectivity index (χ2v) is 7.08. The number of carboxylic acid groups (broad SMARTS) is 1. The van der Waals surface area contributed by atoms with E-state index in [1.54, 1.807) is 6.92 Å². The average Bonchev–Trinajstić information content (AvgIpc) is 2.53. The topological polar surface area (TPSA) is 81.4 Å². The quantitative estimate of drug-likeness (QED) is 0.220. The lowest BCUT2D eigenvalue weighted by molar-refractivity contribution is -0.137. The van der Waals surface area contributed by atoms with Crippen LogP contribution in [-0.4, -0.2) is 28.0 Å². The summed E-state index contributed by atoms with van der Waals surface area (Å²) in [5.74, 6) is -0.672. The molecule has 0 rings (SSSR count). The Balaban J connectivity index is 3.08. The summed E-state index contributed by atoms with van der Waals surface area (Å²) in [7, 11) is 0. The molecule has 4 heteroatoms. The number of aliphatic carboxylic acids is 1. The molecule has 0 fully saturated rings. The number of carbonyl (C=O) groups is 1. The van der Waals surface area contributed by atoms with Gasteiger partial charge in [0.2, 0.25) is 0 Å². The number of unbranched alkanes of at least 4 members (excludes halogenated alkanes) is 13. The van der Waals surface area contributed by atoms with Crippen LogP contribution >= 0.6 is 0 Å². The van der Waals surface area contributed by atoms with Crippen LogP contribution in [0.2, 0.25) is 0 Å². The number of hydrogen-bond donors (Lipinski definition) is 3. The van der Waals surface area contributed by atoms with Crippen molar-refractivity contribution >= 4 is 11.7 Å². The van der Waals surface area contributed by atoms with E-state index in [1.165, 1.54) is 70.6 Å². The molecular formula is C20H39NO3. The van der Waals surface area contributed by atoms with Gasteiger partial charge in [-0.3, -0.25) is 4.79 Å². The first kappa shape index (κ1) is 23.1. The summed E-state index contributed by atoms with van der Waals surface area (Å²) in [5, 5.41) is 25.4. The molecule has 1 atom stereocenters. The third kappa shape index (κ3) is 17.5. The summed E-state index contributed by atoms with van der Waals surface area (Å²) >= 11 is 0. The monoisotopic (exact) mass is 341 g/mol. The molecule has 1 unspecified atom stereocenters. The van der Waals surface area contributed by atoms with E-state index in [2.05, 4.69) is 0 Å². The zero-order valence-corrected chi connectivity index (χ0v) is 15.7. The molecule has 0 aromatic carbocycles. The van der Waals surface area contributed by atoms with E-state index in [0.29, 0.717) is 12.1 Å². The Hall–Kier alpha value is -0.900. The number of aliphatic hydroxyl groups is 1. The van der Waals surface area contributed by atoms with Crippen LogP contribution in [0.4, 0.5) is 0 Å². The fourth-order valence-electron chi connectivity index (χ4n) is 2.95. The molecule has 0 aliphatic carbocycles. The molecule has 0 bridgehead atoms. The molecule has 0 aromatic heterocycles. The average molecular weight is 342 g/mol. The first-order valence-electron chi connectivity index (χ1n) is 9.99. The van der Waals surface area contributed by atoms with Crippen LogP contribution in [0.15, 0.2) is 0 Å². The van der Waals surface area contributed by atoms with Crippen LogP contribution in [0.3, 0.4) is 0 Å². The van der Waals surface area contributed by atoms with Gasteiger partial charge in [-0.2, -0.15) is 0 Å². The van der Waals surface area contributed by atoms with Crippen molar-refractivity contribution in [2.24, 2.45) is 0 Å². The van der Waals surface area contributed by atoms with Crippen molar-refractivity contribution < 1.29 is 15.0 Å². The van der Waals surface area contributed by atoms with Gasteiger partial charge in [0.25, 0.3) is 0 Å². The third-order valence-electron chi connectivity index (χ3n) is 4.62. The van der Waals surface area contributed by atoms with Crippen molar-refractivity contribution in [2.45, 2.75) is 116 Å². The highest BCUT2D eigenvalue weighted by Crippen LogP contribution is 2.14. The standard InChI is InChI=1S/C20H39NO3/c1-18(21)19(22)16-14-12-10-8-6-4-2-3-5-7-9-11-13-15-17-20(23)24/h19,21-22H,2-17H2,1H3,(H,23,24). The second kappa shape index (κ2) is 16.9. The normalized spacial score (nSPS) is 12.2. The van der Waals surface area contributed by atoms with Gasteiger partial charge in [-0.1, -0.05) is 83.5 Å². The van der Waals surface area contributed by atoms with E-state index in [1.807, 2.05) is 0 Å². The smallest absolute Gasteiger partial charge is 0.303 e. The van der Waals surface area contributed by atoms with Gasteiger partial charge in [0.1, 0.15) is 0 Å². The molecule has 0 amide bonds. The maximum atomic E-state index is 10.4. The van der Waals surface area contributed by atoms with Gasteiger partial charge in [-0.25, -0.2) is 0 Å². The lowest BCUT2D eigenvalue weighted by Crippen LogP contribution is -2.15. The lowest BCUT2D eigenvalue weighted by Gasteiger charge is -2.08. The summed E-state index contributed by atoms with van der Waals surface area (Å²) in [5.41, 5.74) is 0.385. The molecule has 24 heavy (non-hydrogen) atoms. The number of hydrogen-bond acceptors (Lipinski definition) is 3. The van der Waals surface area contributed by atoms with Gasteiger partial charge in [0, 0.05) is 12.1 Å². The fraction of sp³-hybridized carbons (Fsp3) is 0.900. The Kier molecular flexibility index (Phi) is 16.3. The molecule has 0 heterocycles. The van der Waals surface area contributed by atoms with E-state index in [0.717, 1.165) is 25.7 Å². The van der Waals surface area contributed by atoms with Crippen LogP contribution < -0.4 is 0 Å². The molecule has 0 radical (unpaired) electrons. The first-order chi connectivity index (χ1) is 11.5. The molecule has 0 saturated carbocycles. The van der Waals surface area contributed by atoms with Gasteiger partial charge in [-0.05, 0) is 19.8 Å². The summed E-state index contributed by atoms with van der Waals surface area (Å²) in [6, 6.07) is 0. The van der Waals surface area contributed by atoms with Crippen molar-refractivity contribution in [1.82, 2.24) is 0 Å². The molecular weight excluding hydrogens is 302 g/mol. The van der Waals surface area contributed by atoms with E-state index in [9.17, 15) is 9.90 Å². The number of carboxylic acids is 1. The van der Waals surface area contributed by atoms with E-state index < -0.39 is 12.1 Å². The van der Waals surface area contributed by atoms with Crippen molar-refractivity contribution in [3.8, 4) is 0 Å². The number of nitrogens with one attached hydrogen (secondary N) is 1. The van der Waals surface area contributed by atoms with Crippen molar-refractivity contribution in [3.05, 3.63) is 0 Å². The van der Waals surface area contributed by atoms with Crippen molar-refractivity contribution in [1.29, 1.82) is 5.41 Å². The highest BCUT2D eigenvalue weighted by Gasteiger charge is 2.04. The maximum absolute atomic E-state index is 10.4. The summed E-state index contributed by atoms with van der Waals surface area (Å²) in [6.45, 7) is 1.67. The Labute approximate surface area is 148 Å². The van der Waals surface area contributed by atoms with Gasteiger partial charge in [0.05, 0.1) is 6.10 Å². The highest BCUT2D eigenvalue weighted by molar-refractivity contribution is 5.82. The van der Waals surface area contributed by atoms with Crippen LogP contribution in [0.25, 0.3) is 0 Å². The minimum absolute atomic E-state index is 0.322. The fourth-order valence-corrected chi connectivity index (χ4v) is 2.95. The molecule has 142 valence electrons. The van der Waals surface area contributed by atoms with E-state index in [4.69, 9.17) is 10.5 Å². The Morgan fingerprint density at radius 1 is 0.750 bits per heavy atom. The predicted octanol–water partition coefficient (Wildman–Crippen LogP) is 5.71. The zero-order valence-electron chi connectivity index (χ0n) is 15.7. The van der Waals surface area contributed by atoms with Crippen molar-refractivity contribution in [3.63, 3.8) is 0 Å². The predicted molar refractivity (Wildman–Crippen MR) is 101 cm³/mol. The molecule has 0 spiro atoms. The number of aliphatic hydroxyl groups excluding tert-OH is 1. The molecule has 0 aliphatic heterocycles. The highest BCUT2D eigenvalue weighted by atomic mass is 16.4. The minimum Gasteiger partial charge on any atom is -0.481 e. The van der Waals surface area contributed by atoms with Gasteiger partial charge >= 0.3 is 5.97 Å². The van der Waals surface area contributed by atoms with Crippen LogP contribution in [-0.2, 0) is 4.79 Å². The van der Waals surface area contributed by atoms with Crippen LogP contribution in [0, 0.1) is 5.41 Å². The molecule has 0 aromatic rings. The summed E-state index contributed by atoms with van der Waals surface area (Å²) < 4.78 is 0. The van der Waals surface area contributed by atoms with E-state index in [-0.39, 0.29) is 0 Å². The summed E-state index contributed by atoms with van der Waals surface area (Å²) in [6.07, 6.45) is 17.5. The Morgan fingerprint density at radius 3 is 1.42 bits per heavy atom. The molecule has 4 nitrogen and oxygen atoms in total. The van der Waals surface area contributed by atoms with Gasteiger partial charge < -0.3 is 15.6 Å². The van der Waals surface area contributed by atoms with Crippen molar-refractivity contribution in [2.75, 3.05) is 0 Å². The SMILES string of the molecule is CC(=N)C(O)CCCCCCCCCCCCCCCCC(=O)O. The van der Waals surface area contributed by atoms with Gasteiger partial charge in [0.15, 0.2) is 0 Å². The molecule has 3 N–H and O–H groups in total. The Bertz CT molecular complexity index is 318. The molecule has 0 saturated heterocycles. The Morgan fingerprint density at radius 2 is 1.08 bits per heavy atom. The van der Waals surface area contributed by atoms with E-state index >= 15 is 0 Å². The zero-order chi connectivity index (χ0) is 18.0.